The Hall–Kier alpha value is -2.68. The molecule has 0 aliphatic carbocycles. The topological polar surface area (TPSA) is 26.3 Å². The van der Waals surface area contributed by atoms with Crippen LogP contribution in [0.2, 0.25) is 0 Å². The van der Waals surface area contributed by atoms with Crippen LogP contribution in [0.3, 0.4) is 0 Å². The van der Waals surface area contributed by atoms with E-state index in [1.807, 2.05) is 30.3 Å². The van der Waals surface area contributed by atoms with Crippen molar-refractivity contribution in [1.29, 1.82) is 0 Å². The number of carbonyl (C=O) groups excluding carboxylic acids is 1. The predicted octanol–water partition coefficient (Wildman–Crippen LogP) is 4.43. The Kier molecular flexibility index (Phi) is 3.40. The molecule has 0 bridgehead atoms. The second-order valence-corrected chi connectivity index (χ2v) is 4.68. The van der Waals surface area contributed by atoms with Crippen molar-refractivity contribution < 1.29 is 13.9 Å². The van der Waals surface area contributed by atoms with Crippen molar-refractivity contribution in [3.63, 3.8) is 0 Å². The molecule has 0 aliphatic rings. The van der Waals surface area contributed by atoms with Gasteiger partial charge in [0.25, 0.3) is 0 Å². The zero-order valence-corrected chi connectivity index (χ0v) is 11.5. The van der Waals surface area contributed by atoms with Crippen molar-refractivity contribution in [2.24, 2.45) is 0 Å². The van der Waals surface area contributed by atoms with Crippen LogP contribution in [0.25, 0.3) is 21.9 Å². The number of hydrogen-bond acceptors (Lipinski definition) is 2. The number of halogens is 1. The van der Waals surface area contributed by atoms with Gasteiger partial charge in [0, 0.05) is 5.56 Å². The van der Waals surface area contributed by atoms with Crippen molar-refractivity contribution in [3.8, 4) is 11.1 Å². The van der Waals surface area contributed by atoms with Gasteiger partial charge in [0.15, 0.2) is 0 Å². The minimum absolute atomic E-state index is 0.363. The summed E-state index contributed by atoms with van der Waals surface area (Å²) in [6, 6.07) is 17.5. The average Bonchev–Trinajstić information content (AvgIpc) is 2.53. The van der Waals surface area contributed by atoms with Gasteiger partial charge in [-0.25, -0.2) is 9.18 Å². The van der Waals surface area contributed by atoms with Crippen LogP contribution in [0.5, 0.6) is 0 Å². The highest BCUT2D eigenvalue weighted by Crippen LogP contribution is 2.32. The van der Waals surface area contributed by atoms with Crippen LogP contribution in [-0.4, -0.2) is 13.1 Å². The zero-order chi connectivity index (χ0) is 14.8. The highest BCUT2D eigenvalue weighted by Gasteiger charge is 2.18. The monoisotopic (exact) mass is 280 g/mol. The lowest BCUT2D eigenvalue weighted by Gasteiger charge is -2.12. The standard InChI is InChI=1S/C18H13FO2/c1-21-18(20)17-13-7-3-2-6-12(13)10-11-15(17)14-8-4-5-9-16(14)19/h2-11H,1H3. The van der Waals surface area contributed by atoms with Gasteiger partial charge in [-0.2, -0.15) is 0 Å². The molecule has 0 N–H and O–H groups in total. The van der Waals surface area contributed by atoms with Gasteiger partial charge in [0.05, 0.1) is 12.7 Å². The molecule has 0 saturated carbocycles. The number of fused-ring (bicyclic) bond motifs is 1. The summed E-state index contributed by atoms with van der Waals surface area (Å²) in [5.41, 5.74) is 1.32. The van der Waals surface area contributed by atoms with E-state index >= 15 is 0 Å². The van der Waals surface area contributed by atoms with Gasteiger partial charge in [-0.1, -0.05) is 54.6 Å². The first-order valence-electron chi connectivity index (χ1n) is 6.57. The molecule has 104 valence electrons. The Bertz CT molecular complexity index is 824. The third-order valence-corrected chi connectivity index (χ3v) is 3.48. The maximum Gasteiger partial charge on any atom is 0.339 e. The maximum absolute atomic E-state index is 14.1. The number of benzene rings is 3. The summed E-state index contributed by atoms with van der Waals surface area (Å²) in [6.45, 7) is 0. The largest absolute Gasteiger partial charge is 0.465 e. The minimum Gasteiger partial charge on any atom is -0.465 e. The molecule has 0 unspecified atom stereocenters. The predicted molar refractivity (Wildman–Crippen MR) is 80.7 cm³/mol. The Balaban J connectivity index is 2.38. The van der Waals surface area contributed by atoms with Gasteiger partial charge in [0.1, 0.15) is 5.82 Å². The second kappa shape index (κ2) is 5.37. The van der Waals surface area contributed by atoms with Gasteiger partial charge >= 0.3 is 5.97 Å². The molecule has 0 atom stereocenters. The zero-order valence-electron chi connectivity index (χ0n) is 11.5. The first kappa shape index (κ1) is 13.3. The first-order valence-corrected chi connectivity index (χ1v) is 6.57. The fourth-order valence-corrected chi connectivity index (χ4v) is 2.50. The van der Waals surface area contributed by atoms with Crippen LogP contribution in [0.4, 0.5) is 4.39 Å². The third kappa shape index (κ3) is 2.27. The summed E-state index contributed by atoms with van der Waals surface area (Å²) in [7, 11) is 1.33. The fraction of sp³-hybridized carbons (Fsp3) is 0.0556. The molecule has 0 aliphatic heterocycles. The molecule has 3 aromatic carbocycles. The Morgan fingerprint density at radius 2 is 1.62 bits per heavy atom. The van der Waals surface area contributed by atoms with Crippen molar-refractivity contribution >= 4 is 16.7 Å². The van der Waals surface area contributed by atoms with E-state index in [1.54, 1.807) is 24.3 Å². The van der Waals surface area contributed by atoms with E-state index in [0.29, 0.717) is 16.7 Å². The van der Waals surface area contributed by atoms with E-state index < -0.39 is 5.97 Å². The Morgan fingerprint density at radius 1 is 0.905 bits per heavy atom. The molecule has 0 spiro atoms. The smallest absolute Gasteiger partial charge is 0.339 e. The van der Waals surface area contributed by atoms with Gasteiger partial charge in [-0.3, -0.25) is 0 Å². The van der Waals surface area contributed by atoms with Gasteiger partial charge in [-0.15, -0.1) is 0 Å². The summed E-state index contributed by atoms with van der Waals surface area (Å²) in [5, 5.41) is 1.67. The van der Waals surface area contributed by atoms with E-state index in [2.05, 4.69) is 0 Å². The quantitative estimate of drug-likeness (QED) is 0.649. The summed E-state index contributed by atoms with van der Waals surface area (Å²) in [5.74, 6) is -0.831. The molecular formula is C18H13FO2. The SMILES string of the molecule is COC(=O)c1c(-c2ccccc2F)ccc2ccccc12. The number of rotatable bonds is 2. The minimum atomic E-state index is -0.468. The molecule has 2 nitrogen and oxygen atoms in total. The van der Waals surface area contributed by atoms with E-state index in [0.717, 1.165) is 10.8 Å². The van der Waals surface area contributed by atoms with Crippen LogP contribution in [-0.2, 0) is 4.74 Å². The lowest BCUT2D eigenvalue weighted by atomic mass is 9.94. The first-order chi connectivity index (χ1) is 10.2. The van der Waals surface area contributed by atoms with Crippen molar-refractivity contribution in [1.82, 2.24) is 0 Å². The summed E-state index contributed by atoms with van der Waals surface area (Å²) in [6.07, 6.45) is 0. The Labute approximate surface area is 121 Å². The van der Waals surface area contributed by atoms with Gasteiger partial charge < -0.3 is 4.74 Å². The second-order valence-electron chi connectivity index (χ2n) is 4.68. The molecule has 0 fully saturated rings. The normalized spacial score (nSPS) is 10.6. The molecule has 0 radical (unpaired) electrons. The number of hydrogen-bond donors (Lipinski definition) is 0. The number of ether oxygens (including phenoxy) is 1. The lowest BCUT2D eigenvalue weighted by Crippen LogP contribution is -2.05. The molecule has 3 aromatic rings. The molecule has 3 heteroatoms. The van der Waals surface area contributed by atoms with Crippen LogP contribution >= 0.6 is 0 Å². The maximum atomic E-state index is 14.1. The number of methoxy groups -OCH3 is 1. The van der Waals surface area contributed by atoms with Gasteiger partial charge in [0.2, 0.25) is 0 Å². The fourth-order valence-electron chi connectivity index (χ4n) is 2.50. The van der Waals surface area contributed by atoms with E-state index in [-0.39, 0.29) is 5.82 Å². The highest BCUT2D eigenvalue weighted by atomic mass is 19.1. The summed E-state index contributed by atoms with van der Waals surface area (Å²) >= 11 is 0. The van der Waals surface area contributed by atoms with E-state index in [4.69, 9.17) is 4.74 Å². The van der Waals surface area contributed by atoms with Crippen LogP contribution in [0.1, 0.15) is 10.4 Å². The number of carbonyl (C=O) groups is 1. The van der Waals surface area contributed by atoms with E-state index in [9.17, 15) is 9.18 Å². The summed E-state index contributed by atoms with van der Waals surface area (Å²) in [4.78, 5) is 12.2. The highest BCUT2D eigenvalue weighted by molar-refractivity contribution is 6.10. The van der Waals surface area contributed by atoms with Crippen molar-refractivity contribution in [3.05, 3.63) is 72.0 Å². The Morgan fingerprint density at radius 3 is 2.38 bits per heavy atom. The molecule has 0 aromatic heterocycles. The van der Waals surface area contributed by atoms with Crippen LogP contribution in [0, 0.1) is 5.82 Å². The van der Waals surface area contributed by atoms with Crippen molar-refractivity contribution in [2.75, 3.05) is 7.11 Å². The third-order valence-electron chi connectivity index (χ3n) is 3.48. The molecular weight excluding hydrogens is 267 g/mol. The number of esters is 1. The van der Waals surface area contributed by atoms with Crippen LogP contribution in [0.15, 0.2) is 60.7 Å². The molecule has 0 amide bonds. The summed E-state index contributed by atoms with van der Waals surface area (Å²) < 4.78 is 19.0. The van der Waals surface area contributed by atoms with Crippen LogP contribution < -0.4 is 0 Å². The lowest BCUT2D eigenvalue weighted by molar-refractivity contribution is 0.0604. The molecule has 0 saturated heterocycles. The molecule has 21 heavy (non-hydrogen) atoms. The average molecular weight is 280 g/mol. The van der Waals surface area contributed by atoms with Gasteiger partial charge in [-0.05, 0) is 22.4 Å². The molecule has 0 heterocycles. The van der Waals surface area contributed by atoms with Crippen molar-refractivity contribution in [2.45, 2.75) is 0 Å². The van der Waals surface area contributed by atoms with E-state index in [1.165, 1.54) is 13.2 Å². The molecule has 3 rings (SSSR count).